The van der Waals surface area contributed by atoms with Gasteiger partial charge in [-0.2, -0.15) is 0 Å². The Labute approximate surface area is 335 Å². The molecule has 6 nitrogen and oxygen atoms in total. The summed E-state index contributed by atoms with van der Waals surface area (Å²) in [7, 11) is 0. The maximum atomic E-state index is 9.16. The lowest BCUT2D eigenvalue weighted by atomic mass is 10.00. The van der Waals surface area contributed by atoms with Gasteiger partial charge in [-0.25, -0.2) is 15.0 Å². The minimum atomic E-state index is -0.473. The molecule has 0 bridgehead atoms. The average Bonchev–Trinajstić information content (AvgIpc) is 4.02. The van der Waals surface area contributed by atoms with Gasteiger partial charge in [-0.15, -0.1) is 0 Å². The van der Waals surface area contributed by atoms with Crippen LogP contribution in [0.25, 0.3) is 117 Å². The number of aromatic nitrogens is 4. The third-order valence-electron chi connectivity index (χ3n) is 10.6. The average molecular weight is 738 g/mol. The minimum Gasteiger partial charge on any atom is -0.456 e. The van der Waals surface area contributed by atoms with E-state index in [1.165, 1.54) is 6.07 Å². The molecule has 0 unspecified atom stereocenters. The number of nitrogens with zero attached hydrogens (tertiary/aromatic N) is 4. The van der Waals surface area contributed by atoms with Gasteiger partial charge >= 0.3 is 0 Å². The monoisotopic (exact) mass is 737 g/mol. The summed E-state index contributed by atoms with van der Waals surface area (Å²) >= 11 is 0. The van der Waals surface area contributed by atoms with E-state index in [0.717, 1.165) is 49.4 Å². The maximum Gasteiger partial charge on any atom is 0.166 e. The topological polar surface area (TPSA) is 69.9 Å². The van der Waals surface area contributed by atoms with Crippen molar-refractivity contribution in [2.45, 2.75) is 0 Å². The van der Waals surface area contributed by atoms with E-state index in [2.05, 4.69) is 12.1 Å². The van der Waals surface area contributed by atoms with Crippen LogP contribution in [0.15, 0.2) is 191 Å². The molecule has 0 fully saturated rings. The summed E-state index contributed by atoms with van der Waals surface area (Å²) in [6.45, 7) is 0. The van der Waals surface area contributed by atoms with Gasteiger partial charge in [0.05, 0.1) is 26.3 Å². The first kappa shape index (κ1) is 25.3. The van der Waals surface area contributed by atoms with Crippen LogP contribution in [0.1, 0.15) is 9.60 Å². The van der Waals surface area contributed by atoms with E-state index < -0.39 is 12.1 Å². The summed E-state index contributed by atoms with van der Waals surface area (Å²) in [6.07, 6.45) is 0. The molecule has 4 aromatic heterocycles. The highest BCUT2D eigenvalue weighted by Gasteiger charge is 2.20. The number of hydrogen-bond donors (Lipinski definition) is 0. The van der Waals surface area contributed by atoms with E-state index in [-0.39, 0.29) is 57.8 Å². The van der Waals surface area contributed by atoms with Gasteiger partial charge in [0.2, 0.25) is 0 Å². The van der Waals surface area contributed by atoms with Crippen LogP contribution in [0.2, 0.25) is 0 Å². The van der Waals surface area contributed by atoms with Crippen LogP contribution in [0, 0.1) is 0 Å². The third-order valence-corrected chi connectivity index (χ3v) is 10.6. The van der Waals surface area contributed by atoms with Crippen LogP contribution in [-0.2, 0) is 0 Å². The fraction of sp³-hybridized carbons (Fsp3) is 0. The van der Waals surface area contributed by atoms with Gasteiger partial charge in [-0.3, -0.25) is 0 Å². The lowest BCUT2D eigenvalue weighted by Gasteiger charge is -2.14. The Morgan fingerprint density at radius 2 is 1.02 bits per heavy atom. The molecule has 0 radical (unpaired) electrons. The van der Waals surface area contributed by atoms with Crippen molar-refractivity contribution in [3.05, 3.63) is 182 Å². The summed E-state index contributed by atoms with van der Waals surface area (Å²) in [5, 5.41) is 4.00. The van der Waals surface area contributed by atoms with Crippen molar-refractivity contribution in [2.75, 3.05) is 0 Å². The second kappa shape index (κ2) is 12.3. The fourth-order valence-electron chi connectivity index (χ4n) is 7.99. The second-order valence-corrected chi connectivity index (χ2v) is 13.8. The molecule has 4 heterocycles. The SMILES string of the molecule is [2H]c1cc([2H])c2c(c1[2H])c1c([2H])c([2H])c([2H])c([2H])c1n2-c1ccccc1-c1nc(-c2cccc(-c3cccc4c3oc3ccccc34)c2)nc(-c2ccc3oc4ccccc4c3c2)n1. The molecule has 0 aliphatic heterocycles. The zero-order chi connectivity index (χ0) is 43.5. The van der Waals surface area contributed by atoms with Gasteiger partial charge in [0.1, 0.15) is 22.3 Å². The second-order valence-electron chi connectivity index (χ2n) is 13.8. The molecule has 0 spiro atoms. The lowest BCUT2D eigenvalue weighted by molar-refractivity contribution is 0.669. The Kier molecular flexibility index (Phi) is 5.48. The van der Waals surface area contributed by atoms with Crippen LogP contribution in [0.5, 0.6) is 0 Å². The van der Waals surface area contributed by atoms with Crippen LogP contribution in [0.3, 0.4) is 0 Å². The summed E-state index contributed by atoms with van der Waals surface area (Å²) in [5.41, 5.74) is 7.32. The van der Waals surface area contributed by atoms with Gasteiger partial charge in [0.15, 0.2) is 17.5 Å². The van der Waals surface area contributed by atoms with E-state index in [1.807, 2.05) is 109 Å². The number of hydrogen-bond acceptors (Lipinski definition) is 5. The Morgan fingerprint density at radius 3 is 1.89 bits per heavy atom. The summed E-state index contributed by atoms with van der Waals surface area (Å²) < 4.78 is 76.1. The predicted molar refractivity (Wildman–Crippen MR) is 230 cm³/mol. The van der Waals surface area contributed by atoms with Gasteiger partial charge in [-0.1, -0.05) is 121 Å². The molecule has 0 N–H and O–H groups in total. The van der Waals surface area contributed by atoms with E-state index in [0.29, 0.717) is 39.6 Å². The van der Waals surface area contributed by atoms with Crippen LogP contribution < -0.4 is 0 Å². The predicted octanol–water partition coefficient (Wildman–Crippen LogP) is 13.4. The van der Waals surface area contributed by atoms with Crippen LogP contribution >= 0.6 is 0 Å². The summed E-state index contributed by atoms with van der Waals surface area (Å²) in [4.78, 5) is 15.4. The van der Waals surface area contributed by atoms with E-state index in [9.17, 15) is 0 Å². The normalized spacial score (nSPS) is 13.6. The van der Waals surface area contributed by atoms with E-state index in [1.54, 1.807) is 16.7 Å². The van der Waals surface area contributed by atoms with E-state index in [4.69, 9.17) is 33.4 Å². The van der Waals surface area contributed by atoms with Gasteiger partial charge in [0.25, 0.3) is 0 Å². The Bertz CT molecular complexity index is 3970. The summed E-state index contributed by atoms with van der Waals surface area (Å²) in [5.74, 6) is 0.982. The summed E-state index contributed by atoms with van der Waals surface area (Å²) in [6, 6.07) is 41.8. The highest BCUT2D eigenvalue weighted by Crippen LogP contribution is 2.39. The minimum absolute atomic E-state index is 0.0531. The van der Waals surface area contributed by atoms with Crippen molar-refractivity contribution < 1.29 is 18.4 Å². The number of fused-ring (bicyclic) bond motifs is 9. The molecular formula is C51H30N4O2. The van der Waals surface area contributed by atoms with Gasteiger partial charge in [-0.05, 0) is 66.2 Å². The van der Waals surface area contributed by atoms with E-state index >= 15 is 0 Å². The Hall–Kier alpha value is -7.83. The molecule has 0 amide bonds. The van der Waals surface area contributed by atoms with Crippen molar-refractivity contribution in [2.24, 2.45) is 0 Å². The highest BCUT2D eigenvalue weighted by molar-refractivity contribution is 6.11. The highest BCUT2D eigenvalue weighted by atomic mass is 16.3. The molecule has 0 atom stereocenters. The first-order valence-electron chi connectivity index (χ1n) is 21.9. The van der Waals surface area contributed by atoms with Crippen molar-refractivity contribution in [1.82, 2.24) is 19.5 Å². The van der Waals surface area contributed by atoms with Gasteiger partial charge < -0.3 is 13.4 Å². The molecule has 8 aromatic carbocycles. The third kappa shape index (κ3) is 4.94. The Morgan fingerprint density at radius 1 is 0.404 bits per heavy atom. The molecule has 0 saturated heterocycles. The molecule has 266 valence electrons. The molecule has 0 aliphatic carbocycles. The first-order chi connectivity index (χ1) is 31.1. The molecule has 0 aliphatic rings. The van der Waals surface area contributed by atoms with Gasteiger partial charge in [0, 0.05) is 54.6 Å². The number of rotatable bonds is 5. The number of para-hydroxylation sites is 6. The Balaban J connectivity index is 1.12. The molecule has 6 heteroatoms. The van der Waals surface area contributed by atoms with Crippen molar-refractivity contribution in [3.8, 4) is 51.0 Å². The molecule has 12 rings (SSSR count). The molecular weight excluding hydrogens is 701 g/mol. The number of furan rings is 2. The standard InChI is InChI=1S/C51H30N4O2/c1-6-22-42-35(15-1)36-16-2-7-23-43(36)55(42)44-24-8-3-19-40(44)51-53-49(52-50(54-51)33-27-28-47-41(30-33)38-18-5-9-25-45(38)56-47)32-14-11-13-31(29-32)34-20-12-21-39-37-17-4-10-26-46(37)57-48(34)39/h1-30H/i1D,2D,6D,15D,16D,22D,23D. The zero-order valence-corrected chi connectivity index (χ0v) is 29.9. The van der Waals surface area contributed by atoms with Crippen molar-refractivity contribution in [3.63, 3.8) is 0 Å². The van der Waals surface area contributed by atoms with Crippen molar-refractivity contribution >= 4 is 65.7 Å². The lowest BCUT2D eigenvalue weighted by Crippen LogP contribution is -2.03. The van der Waals surface area contributed by atoms with Crippen molar-refractivity contribution in [1.29, 1.82) is 0 Å². The number of benzene rings is 8. The fourth-order valence-corrected chi connectivity index (χ4v) is 7.99. The zero-order valence-electron chi connectivity index (χ0n) is 36.9. The maximum absolute atomic E-state index is 9.16. The quantitative estimate of drug-likeness (QED) is 0.176. The molecule has 12 aromatic rings. The first-order valence-corrected chi connectivity index (χ1v) is 18.4. The van der Waals surface area contributed by atoms with Crippen LogP contribution in [0.4, 0.5) is 0 Å². The molecule has 0 saturated carbocycles. The smallest absolute Gasteiger partial charge is 0.166 e. The largest absolute Gasteiger partial charge is 0.456 e. The molecule has 57 heavy (non-hydrogen) atoms. The van der Waals surface area contributed by atoms with Crippen LogP contribution in [-0.4, -0.2) is 19.5 Å².